The Morgan fingerprint density at radius 3 is 2.56 bits per heavy atom. The number of hydrogen-bond donors (Lipinski definition) is 1. The van der Waals surface area contributed by atoms with Crippen LogP contribution in [0, 0.1) is 0 Å². The van der Waals surface area contributed by atoms with E-state index in [1.165, 1.54) is 12.4 Å². The van der Waals surface area contributed by atoms with Crippen molar-refractivity contribution >= 4 is 23.4 Å². The van der Waals surface area contributed by atoms with E-state index in [4.69, 9.17) is 16.3 Å². The predicted octanol–water partition coefficient (Wildman–Crippen LogP) is 3.72. The zero-order valence-electron chi connectivity index (χ0n) is 19.1. The van der Waals surface area contributed by atoms with Crippen molar-refractivity contribution in [2.45, 2.75) is 33.0 Å². The first kappa shape index (κ1) is 23.6. The molecule has 1 aromatic heterocycles. The van der Waals surface area contributed by atoms with Gasteiger partial charge in [-0.15, -0.1) is 0 Å². The van der Waals surface area contributed by atoms with Crippen LogP contribution in [-0.4, -0.2) is 40.5 Å². The van der Waals surface area contributed by atoms with Gasteiger partial charge in [-0.3, -0.25) is 14.4 Å². The summed E-state index contributed by atoms with van der Waals surface area (Å²) in [6.45, 7) is 4.86. The number of amides is 2. The number of hydrogen-bond acceptors (Lipinski definition) is 4. The molecular formula is C26H26ClN3O4. The maximum atomic E-state index is 13.6. The third-order valence-electron chi connectivity index (χ3n) is 5.47. The molecule has 0 fully saturated rings. The number of fused-ring (bicyclic) bond motifs is 1. The first-order chi connectivity index (χ1) is 16.3. The number of pyridine rings is 1. The van der Waals surface area contributed by atoms with Crippen molar-refractivity contribution in [1.82, 2.24) is 14.8 Å². The zero-order valence-corrected chi connectivity index (χ0v) is 19.8. The van der Waals surface area contributed by atoms with Crippen molar-refractivity contribution in [2.24, 2.45) is 0 Å². The molecule has 4 rings (SSSR count). The Bertz CT molecular complexity index is 1270. The molecule has 0 unspecified atom stereocenters. The van der Waals surface area contributed by atoms with E-state index in [1.54, 1.807) is 27.7 Å². The molecule has 2 heterocycles. The van der Waals surface area contributed by atoms with E-state index in [1.807, 2.05) is 44.2 Å². The highest BCUT2D eigenvalue weighted by Gasteiger charge is 2.26. The fraction of sp³-hybridized carbons (Fsp3) is 0.269. The SMILES string of the molecule is CC(C)NC(=O)c1cn(Cc2ccccc2)cc(C(=O)N2CCOc3ccc(Cl)cc3C2)c1=O. The maximum absolute atomic E-state index is 13.6. The summed E-state index contributed by atoms with van der Waals surface area (Å²) in [5.41, 5.74) is 1.02. The van der Waals surface area contributed by atoms with Crippen LogP contribution in [-0.2, 0) is 13.1 Å². The van der Waals surface area contributed by atoms with Crippen LogP contribution in [0.3, 0.4) is 0 Å². The molecule has 8 heteroatoms. The molecule has 176 valence electrons. The van der Waals surface area contributed by atoms with Crippen LogP contribution in [0.4, 0.5) is 0 Å². The summed E-state index contributed by atoms with van der Waals surface area (Å²) in [7, 11) is 0. The molecule has 1 N–H and O–H groups in total. The minimum atomic E-state index is -0.594. The van der Waals surface area contributed by atoms with Crippen molar-refractivity contribution in [2.75, 3.05) is 13.2 Å². The quantitative estimate of drug-likeness (QED) is 0.604. The van der Waals surface area contributed by atoms with Gasteiger partial charge in [0.25, 0.3) is 11.8 Å². The van der Waals surface area contributed by atoms with Gasteiger partial charge < -0.3 is 19.5 Å². The molecule has 2 amide bonds. The van der Waals surface area contributed by atoms with Crippen molar-refractivity contribution in [3.63, 3.8) is 0 Å². The molecule has 3 aromatic rings. The molecule has 1 aliphatic heterocycles. The van der Waals surface area contributed by atoms with E-state index < -0.39 is 17.2 Å². The molecule has 7 nitrogen and oxygen atoms in total. The molecule has 34 heavy (non-hydrogen) atoms. The smallest absolute Gasteiger partial charge is 0.259 e. The molecular weight excluding hydrogens is 454 g/mol. The van der Waals surface area contributed by atoms with Gasteiger partial charge in [-0.1, -0.05) is 41.9 Å². The lowest BCUT2D eigenvalue weighted by Gasteiger charge is -2.21. The van der Waals surface area contributed by atoms with Gasteiger partial charge in [-0.05, 0) is 37.6 Å². The lowest BCUT2D eigenvalue weighted by molar-refractivity contribution is 0.0731. The molecule has 0 radical (unpaired) electrons. The summed E-state index contributed by atoms with van der Waals surface area (Å²) in [4.78, 5) is 41.2. The van der Waals surface area contributed by atoms with Gasteiger partial charge in [0.15, 0.2) is 0 Å². The van der Waals surface area contributed by atoms with Crippen molar-refractivity contribution in [3.8, 4) is 5.75 Å². The summed E-state index contributed by atoms with van der Waals surface area (Å²) in [5, 5.41) is 3.29. The Morgan fingerprint density at radius 1 is 1.09 bits per heavy atom. The van der Waals surface area contributed by atoms with Crippen molar-refractivity contribution in [3.05, 3.63) is 98.4 Å². The Morgan fingerprint density at radius 2 is 1.82 bits per heavy atom. The van der Waals surface area contributed by atoms with Crippen LogP contribution in [0.2, 0.25) is 5.02 Å². The average molecular weight is 480 g/mol. The molecule has 0 saturated carbocycles. The average Bonchev–Trinajstić information content (AvgIpc) is 3.02. The van der Waals surface area contributed by atoms with Crippen molar-refractivity contribution < 1.29 is 14.3 Å². The number of halogens is 1. The number of benzene rings is 2. The molecule has 0 saturated heterocycles. The number of nitrogens with zero attached hydrogens (tertiary/aromatic N) is 2. The summed E-state index contributed by atoms with van der Waals surface area (Å²) < 4.78 is 7.47. The van der Waals surface area contributed by atoms with Crippen molar-refractivity contribution in [1.29, 1.82) is 0 Å². The highest BCUT2D eigenvalue weighted by Crippen LogP contribution is 2.26. The van der Waals surface area contributed by atoms with Crippen LogP contribution in [0.5, 0.6) is 5.75 Å². The fourth-order valence-corrected chi connectivity index (χ4v) is 4.07. The molecule has 0 atom stereocenters. The summed E-state index contributed by atoms with van der Waals surface area (Å²) in [6, 6.07) is 14.7. The zero-order chi connectivity index (χ0) is 24.2. The first-order valence-corrected chi connectivity index (χ1v) is 11.5. The number of carbonyl (C=O) groups is 2. The number of ether oxygens (including phenoxy) is 1. The second-order valence-corrected chi connectivity index (χ2v) is 8.96. The van der Waals surface area contributed by atoms with Gasteiger partial charge in [0.05, 0.1) is 6.54 Å². The Balaban J connectivity index is 1.73. The second kappa shape index (κ2) is 10.1. The second-order valence-electron chi connectivity index (χ2n) is 8.53. The first-order valence-electron chi connectivity index (χ1n) is 11.1. The van der Waals surface area contributed by atoms with Gasteiger partial charge in [-0.2, -0.15) is 0 Å². The van der Waals surface area contributed by atoms with Gasteiger partial charge in [0.2, 0.25) is 5.43 Å². The number of aromatic nitrogens is 1. The molecule has 0 spiro atoms. The van der Waals surface area contributed by atoms with E-state index in [9.17, 15) is 14.4 Å². The van der Waals surface area contributed by atoms with E-state index in [0.717, 1.165) is 11.1 Å². The highest BCUT2D eigenvalue weighted by molar-refractivity contribution is 6.30. The Labute approximate surface area is 202 Å². The molecule has 1 aliphatic rings. The Hall–Kier alpha value is -3.58. The van der Waals surface area contributed by atoms with Crippen LogP contribution in [0.25, 0.3) is 0 Å². The summed E-state index contributed by atoms with van der Waals surface area (Å²) in [5.74, 6) is -0.304. The Kier molecular flexibility index (Phi) is 7.03. The maximum Gasteiger partial charge on any atom is 0.259 e. The normalized spacial score (nSPS) is 13.1. The van der Waals surface area contributed by atoms with E-state index in [-0.39, 0.29) is 30.3 Å². The van der Waals surface area contributed by atoms with Gasteiger partial charge in [0, 0.05) is 42.1 Å². The minimum Gasteiger partial charge on any atom is -0.491 e. The lowest BCUT2D eigenvalue weighted by Crippen LogP contribution is -2.39. The highest BCUT2D eigenvalue weighted by atomic mass is 35.5. The van der Waals surface area contributed by atoms with E-state index >= 15 is 0 Å². The summed E-state index contributed by atoms with van der Waals surface area (Å²) in [6.07, 6.45) is 3.03. The fourth-order valence-electron chi connectivity index (χ4n) is 3.88. The largest absolute Gasteiger partial charge is 0.491 e. The van der Waals surface area contributed by atoms with Crippen LogP contribution in [0.15, 0.2) is 65.7 Å². The molecule has 0 aliphatic carbocycles. The van der Waals surface area contributed by atoms with E-state index in [2.05, 4.69) is 5.32 Å². The topological polar surface area (TPSA) is 80.6 Å². The number of nitrogens with one attached hydrogen (secondary N) is 1. The predicted molar refractivity (Wildman–Crippen MR) is 131 cm³/mol. The van der Waals surface area contributed by atoms with Gasteiger partial charge in [-0.25, -0.2) is 0 Å². The lowest BCUT2D eigenvalue weighted by atomic mass is 10.1. The van der Waals surface area contributed by atoms with Crippen LogP contribution in [0.1, 0.15) is 45.7 Å². The summed E-state index contributed by atoms with van der Waals surface area (Å²) >= 11 is 6.14. The number of rotatable bonds is 5. The van der Waals surface area contributed by atoms with Crippen LogP contribution < -0.4 is 15.5 Å². The van der Waals surface area contributed by atoms with Crippen LogP contribution >= 0.6 is 11.6 Å². The van der Waals surface area contributed by atoms with E-state index in [0.29, 0.717) is 23.9 Å². The standard InChI is InChI=1S/C26H26ClN3O4/c1-17(2)28-25(32)21-15-29(13-18-6-4-3-5-7-18)16-22(24(21)31)26(33)30-10-11-34-23-9-8-20(27)12-19(23)14-30/h3-9,12,15-17H,10-11,13-14H2,1-2H3,(H,28,32). The monoisotopic (exact) mass is 479 g/mol. The van der Waals surface area contributed by atoms with Gasteiger partial charge in [0.1, 0.15) is 23.5 Å². The minimum absolute atomic E-state index is 0.0576. The third kappa shape index (κ3) is 5.31. The van der Waals surface area contributed by atoms with Gasteiger partial charge >= 0.3 is 0 Å². The molecule has 2 aromatic carbocycles. The molecule has 0 bridgehead atoms. The number of carbonyl (C=O) groups excluding carboxylic acids is 2. The third-order valence-corrected chi connectivity index (χ3v) is 5.71.